The summed E-state index contributed by atoms with van der Waals surface area (Å²) in [4.78, 5) is 14.8. The van der Waals surface area contributed by atoms with E-state index in [4.69, 9.17) is 0 Å². The largest absolute Gasteiger partial charge is 0.593 e. The van der Waals surface area contributed by atoms with Crippen LogP contribution in [0, 0.1) is 5.82 Å². The van der Waals surface area contributed by atoms with E-state index in [1.807, 2.05) is 28.6 Å². The van der Waals surface area contributed by atoms with E-state index in [2.05, 4.69) is 31.9 Å². The van der Waals surface area contributed by atoms with Crippen molar-refractivity contribution in [3.63, 3.8) is 0 Å². The van der Waals surface area contributed by atoms with Crippen molar-refractivity contribution in [3.05, 3.63) is 68.9 Å². The van der Waals surface area contributed by atoms with Gasteiger partial charge in [-0.1, -0.05) is 31.9 Å². The van der Waals surface area contributed by atoms with E-state index in [-0.39, 0.29) is 11.7 Å². The second-order valence-electron chi connectivity index (χ2n) is 5.96. The molecule has 1 aliphatic rings. The number of nitrogens with zero attached hydrogens (tertiary/aromatic N) is 2. The van der Waals surface area contributed by atoms with Crippen LogP contribution in [0.5, 0.6) is 0 Å². The summed E-state index contributed by atoms with van der Waals surface area (Å²) >= 11 is 5.41. The van der Waals surface area contributed by atoms with Gasteiger partial charge in [-0.15, -0.1) is 4.31 Å². The number of carbonyl (C=O) groups is 1. The van der Waals surface area contributed by atoms with Gasteiger partial charge >= 0.3 is 0 Å². The fraction of sp³-hybridized carbons (Fsp3) is 0.211. The highest BCUT2D eigenvalue weighted by molar-refractivity contribution is 9.10. The summed E-state index contributed by atoms with van der Waals surface area (Å²) in [5.74, 6) is -0.555. The van der Waals surface area contributed by atoms with E-state index >= 15 is 0 Å². The molecule has 1 atom stereocenters. The average Bonchev–Trinajstić information content (AvgIpc) is 2.68. The summed E-state index contributed by atoms with van der Waals surface area (Å²) in [6.45, 7) is 2.00. The van der Waals surface area contributed by atoms with Crippen molar-refractivity contribution in [1.82, 2.24) is 9.21 Å². The Morgan fingerprint density at radius 2 is 1.67 bits per heavy atom. The third-order valence-electron chi connectivity index (χ3n) is 4.16. The lowest BCUT2D eigenvalue weighted by molar-refractivity contribution is -0.127. The highest BCUT2D eigenvalue weighted by Crippen LogP contribution is 2.20. The van der Waals surface area contributed by atoms with Crippen molar-refractivity contribution >= 4 is 55.2 Å². The molecule has 0 saturated carbocycles. The van der Waals surface area contributed by atoms with E-state index in [9.17, 15) is 13.7 Å². The van der Waals surface area contributed by atoms with Gasteiger partial charge in [0.05, 0.1) is 24.5 Å². The second kappa shape index (κ2) is 9.34. The Kier molecular flexibility index (Phi) is 7.10. The van der Waals surface area contributed by atoms with Gasteiger partial charge in [0.15, 0.2) is 4.90 Å². The predicted molar refractivity (Wildman–Crippen MR) is 112 cm³/mol. The van der Waals surface area contributed by atoms with Crippen molar-refractivity contribution in [1.29, 1.82) is 0 Å². The first-order chi connectivity index (χ1) is 12.9. The number of piperazine rings is 1. The molecule has 4 nitrogen and oxygen atoms in total. The lowest BCUT2D eigenvalue weighted by Crippen LogP contribution is -2.50. The first kappa shape index (κ1) is 20.5. The molecule has 1 heterocycles. The lowest BCUT2D eigenvalue weighted by Gasteiger charge is -2.33. The molecule has 0 bridgehead atoms. The van der Waals surface area contributed by atoms with Crippen molar-refractivity contribution in [2.24, 2.45) is 0 Å². The summed E-state index contributed by atoms with van der Waals surface area (Å²) in [6.07, 6.45) is 2.86. The molecular weight excluding hydrogens is 499 g/mol. The minimum Gasteiger partial charge on any atom is -0.593 e. The van der Waals surface area contributed by atoms with Crippen LogP contribution in [-0.2, 0) is 16.2 Å². The highest BCUT2D eigenvalue weighted by atomic mass is 79.9. The highest BCUT2D eigenvalue weighted by Gasteiger charge is 2.28. The summed E-state index contributed by atoms with van der Waals surface area (Å²) in [5, 5.41) is 0. The summed E-state index contributed by atoms with van der Waals surface area (Å²) < 4.78 is 29.9. The quantitative estimate of drug-likeness (QED) is 0.452. The standard InChI is InChI=1S/C19H17Br2FN2O2S/c20-15-2-5-17(6-3-15)27(26)24-11-9-23(10-12-24)19(25)8-1-14-13-16(21)4-7-18(14)22/h1-8,13H,9-12H2/b8-1+. The molecule has 0 aliphatic carbocycles. The predicted octanol–water partition coefficient (Wildman–Crippen LogP) is 4.23. The molecule has 1 unspecified atom stereocenters. The third-order valence-corrected chi connectivity index (χ3v) is 6.70. The van der Waals surface area contributed by atoms with Crippen LogP contribution in [-0.4, -0.2) is 45.8 Å². The average molecular weight is 516 g/mol. The number of hydrogen-bond donors (Lipinski definition) is 0. The van der Waals surface area contributed by atoms with Crippen molar-refractivity contribution in [2.45, 2.75) is 4.90 Å². The molecular formula is C19H17Br2FN2O2S. The van der Waals surface area contributed by atoms with Crippen LogP contribution in [0.15, 0.2) is 62.4 Å². The molecule has 2 aromatic carbocycles. The van der Waals surface area contributed by atoms with E-state index in [0.717, 1.165) is 13.8 Å². The van der Waals surface area contributed by atoms with Crippen LogP contribution >= 0.6 is 31.9 Å². The first-order valence-corrected chi connectivity index (χ1v) is 11.0. The molecule has 0 aromatic heterocycles. The lowest BCUT2D eigenvalue weighted by atomic mass is 10.2. The smallest absolute Gasteiger partial charge is 0.246 e. The fourth-order valence-electron chi connectivity index (χ4n) is 2.68. The van der Waals surface area contributed by atoms with Crippen LogP contribution in [0.25, 0.3) is 6.08 Å². The Bertz CT molecular complexity index is 840. The Balaban J connectivity index is 1.56. The molecule has 2 aromatic rings. The third kappa shape index (κ3) is 5.42. The SMILES string of the molecule is O=C(/C=C/c1cc(Br)ccc1F)N1CCN([S+]([O-])c2ccc(Br)cc2)CC1. The molecule has 1 amide bonds. The summed E-state index contributed by atoms with van der Waals surface area (Å²) in [5.41, 5.74) is 0.354. The fourth-order valence-corrected chi connectivity index (χ4v) is 4.49. The first-order valence-electron chi connectivity index (χ1n) is 8.28. The topological polar surface area (TPSA) is 46.6 Å². The molecule has 0 radical (unpaired) electrons. The number of benzene rings is 2. The van der Waals surface area contributed by atoms with Gasteiger partial charge < -0.3 is 9.45 Å². The monoisotopic (exact) mass is 514 g/mol. The molecule has 3 rings (SSSR count). The number of amides is 1. The van der Waals surface area contributed by atoms with E-state index in [1.165, 1.54) is 18.2 Å². The van der Waals surface area contributed by atoms with Crippen LogP contribution in [0.4, 0.5) is 4.39 Å². The molecule has 0 N–H and O–H groups in total. The van der Waals surface area contributed by atoms with E-state index in [1.54, 1.807) is 17.0 Å². The van der Waals surface area contributed by atoms with Gasteiger partial charge in [0.1, 0.15) is 5.82 Å². The van der Waals surface area contributed by atoms with Gasteiger partial charge in [-0.2, -0.15) is 0 Å². The maximum absolute atomic E-state index is 13.7. The zero-order chi connectivity index (χ0) is 19.4. The normalized spacial score (nSPS) is 16.7. The van der Waals surface area contributed by atoms with Crippen molar-refractivity contribution in [2.75, 3.05) is 26.2 Å². The minimum absolute atomic E-state index is 0.177. The number of carbonyl (C=O) groups excluding carboxylic acids is 1. The van der Waals surface area contributed by atoms with Gasteiger partial charge in [0.2, 0.25) is 5.91 Å². The van der Waals surface area contributed by atoms with E-state index < -0.39 is 11.4 Å². The Labute approximate surface area is 177 Å². The van der Waals surface area contributed by atoms with Gasteiger partial charge in [0, 0.05) is 33.7 Å². The van der Waals surface area contributed by atoms with Crippen LogP contribution < -0.4 is 0 Å². The Morgan fingerprint density at radius 3 is 2.33 bits per heavy atom. The van der Waals surface area contributed by atoms with Crippen LogP contribution in [0.1, 0.15) is 5.56 Å². The molecule has 1 saturated heterocycles. The van der Waals surface area contributed by atoms with Crippen LogP contribution in [0.3, 0.4) is 0 Å². The zero-order valence-corrected chi connectivity index (χ0v) is 18.3. The van der Waals surface area contributed by atoms with Crippen molar-refractivity contribution in [3.8, 4) is 0 Å². The zero-order valence-electron chi connectivity index (χ0n) is 14.3. The number of hydrogen-bond acceptors (Lipinski definition) is 3. The van der Waals surface area contributed by atoms with Crippen molar-refractivity contribution < 1.29 is 13.7 Å². The maximum atomic E-state index is 13.7. The molecule has 27 heavy (non-hydrogen) atoms. The summed E-state index contributed by atoms with van der Waals surface area (Å²) in [7, 11) is 0. The number of halogens is 3. The molecule has 0 spiro atoms. The van der Waals surface area contributed by atoms with Gasteiger partial charge in [-0.25, -0.2) is 4.39 Å². The van der Waals surface area contributed by atoms with Gasteiger partial charge in [-0.05, 0) is 48.5 Å². The Hall–Kier alpha value is -1.19. The second-order valence-corrected chi connectivity index (χ2v) is 9.27. The minimum atomic E-state index is -1.24. The number of rotatable bonds is 4. The van der Waals surface area contributed by atoms with Crippen LogP contribution in [0.2, 0.25) is 0 Å². The molecule has 1 fully saturated rings. The van der Waals surface area contributed by atoms with Gasteiger partial charge in [0.25, 0.3) is 0 Å². The van der Waals surface area contributed by atoms with E-state index in [0.29, 0.717) is 31.7 Å². The summed E-state index contributed by atoms with van der Waals surface area (Å²) in [6, 6.07) is 12.0. The maximum Gasteiger partial charge on any atom is 0.246 e. The molecule has 1 aliphatic heterocycles. The van der Waals surface area contributed by atoms with Gasteiger partial charge in [-0.3, -0.25) is 4.79 Å². The Morgan fingerprint density at radius 1 is 1.04 bits per heavy atom. The molecule has 8 heteroatoms. The molecule has 142 valence electrons.